The van der Waals surface area contributed by atoms with Gasteiger partial charge >= 0.3 is 0 Å². The Bertz CT molecular complexity index is 632. The first-order chi connectivity index (χ1) is 9.96. The summed E-state index contributed by atoms with van der Waals surface area (Å²) in [7, 11) is 3.70. The summed E-state index contributed by atoms with van der Waals surface area (Å²) in [4.78, 5) is 0. The van der Waals surface area contributed by atoms with Crippen LogP contribution in [0.4, 0.5) is 0 Å². The molecule has 0 heterocycles. The van der Waals surface area contributed by atoms with Crippen molar-refractivity contribution in [1.82, 2.24) is 5.32 Å². The maximum atomic E-state index is 5.59. The second-order valence-corrected chi connectivity index (χ2v) is 6.34. The predicted octanol–water partition coefficient (Wildman–Crippen LogP) is 4.69. The summed E-state index contributed by atoms with van der Waals surface area (Å²) in [5.74, 6) is 0.911. The minimum atomic E-state index is 0.107. The summed E-state index contributed by atoms with van der Waals surface area (Å²) in [5.41, 5.74) is 6.11. The molecule has 2 nitrogen and oxygen atoms in total. The lowest BCUT2D eigenvalue weighted by molar-refractivity contribution is 0.405. The van der Waals surface area contributed by atoms with Crippen LogP contribution in [0.15, 0.2) is 34.8 Å². The molecular formula is C18H22BrNO. The van der Waals surface area contributed by atoms with Crippen molar-refractivity contribution in [3.05, 3.63) is 62.6 Å². The summed E-state index contributed by atoms with van der Waals surface area (Å²) < 4.78 is 6.69. The zero-order valence-electron chi connectivity index (χ0n) is 13.3. The molecule has 1 atom stereocenters. The third-order valence-corrected chi connectivity index (χ3v) is 4.54. The number of methoxy groups -OCH3 is 1. The van der Waals surface area contributed by atoms with Crippen LogP contribution in [-0.2, 0) is 0 Å². The molecule has 2 rings (SSSR count). The minimum Gasteiger partial charge on any atom is -0.496 e. The Morgan fingerprint density at radius 1 is 1.00 bits per heavy atom. The fourth-order valence-electron chi connectivity index (χ4n) is 2.75. The van der Waals surface area contributed by atoms with E-state index in [9.17, 15) is 0 Å². The Morgan fingerprint density at radius 3 is 2.14 bits per heavy atom. The first-order valence-electron chi connectivity index (χ1n) is 7.05. The molecule has 3 heteroatoms. The molecule has 0 amide bonds. The zero-order valence-corrected chi connectivity index (χ0v) is 14.8. The topological polar surface area (TPSA) is 21.3 Å². The van der Waals surface area contributed by atoms with E-state index in [0.717, 1.165) is 15.8 Å². The van der Waals surface area contributed by atoms with Crippen molar-refractivity contribution in [1.29, 1.82) is 0 Å². The molecule has 2 aromatic rings. The molecule has 0 aliphatic rings. The van der Waals surface area contributed by atoms with Gasteiger partial charge in [-0.3, -0.25) is 0 Å². The van der Waals surface area contributed by atoms with Gasteiger partial charge in [0.25, 0.3) is 0 Å². The highest BCUT2D eigenvalue weighted by molar-refractivity contribution is 9.10. The van der Waals surface area contributed by atoms with E-state index < -0.39 is 0 Å². The average molecular weight is 348 g/mol. The van der Waals surface area contributed by atoms with Crippen LogP contribution >= 0.6 is 15.9 Å². The van der Waals surface area contributed by atoms with Crippen LogP contribution in [0, 0.1) is 20.8 Å². The second kappa shape index (κ2) is 6.63. The monoisotopic (exact) mass is 347 g/mol. The highest BCUT2D eigenvalue weighted by Gasteiger charge is 2.18. The Kier molecular flexibility index (Phi) is 5.07. The van der Waals surface area contributed by atoms with Gasteiger partial charge in [-0.15, -0.1) is 0 Å². The van der Waals surface area contributed by atoms with Gasteiger partial charge < -0.3 is 10.1 Å². The number of hydrogen-bond donors (Lipinski definition) is 1. The van der Waals surface area contributed by atoms with E-state index >= 15 is 0 Å². The lowest BCUT2D eigenvalue weighted by Crippen LogP contribution is -2.19. The molecule has 0 aliphatic carbocycles. The molecule has 0 fully saturated rings. The summed E-state index contributed by atoms with van der Waals surface area (Å²) in [6.45, 7) is 6.33. The Hall–Kier alpha value is -1.32. The quantitative estimate of drug-likeness (QED) is 0.865. The van der Waals surface area contributed by atoms with Gasteiger partial charge in [-0.2, -0.15) is 0 Å². The van der Waals surface area contributed by atoms with Crippen LogP contribution in [0.1, 0.15) is 33.9 Å². The number of rotatable bonds is 4. The molecular weight excluding hydrogens is 326 g/mol. The highest BCUT2D eigenvalue weighted by Crippen LogP contribution is 2.34. The van der Waals surface area contributed by atoms with Gasteiger partial charge in [0.1, 0.15) is 5.75 Å². The Morgan fingerprint density at radius 2 is 1.62 bits per heavy atom. The van der Waals surface area contributed by atoms with Crippen molar-refractivity contribution < 1.29 is 4.74 Å². The van der Waals surface area contributed by atoms with Crippen molar-refractivity contribution in [3.63, 3.8) is 0 Å². The van der Waals surface area contributed by atoms with Gasteiger partial charge in [-0.1, -0.05) is 45.3 Å². The fraction of sp³-hybridized carbons (Fsp3) is 0.333. The van der Waals surface area contributed by atoms with Crippen LogP contribution in [0.2, 0.25) is 0 Å². The van der Waals surface area contributed by atoms with E-state index in [0.29, 0.717) is 0 Å². The first-order valence-corrected chi connectivity index (χ1v) is 7.85. The molecule has 112 valence electrons. The third kappa shape index (κ3) is 3.47. The van der Waals surface area contributed by atoms with Crippen molar-refractivity contribution in [2.24, 2.45) is 0 Å². The maximum Gasteiger partial charge on any atom is 0.124 e. The van der Waals surface area contributed by atoms with Gasteiger partial charge in [0, 0.05) is 10.0 Å². The smallest absolute Gasteiger partial charge is 0.124 e. The number of benzene rings is 2. The van der Waals surface area contributed by atoms with Gasteiger partial charge in [0.05, 0.1) is 13.2 Å². The van der Waals surface area contributed by atoms with Gasteiger partial charge in [-0.25, -0.2) is 0 Å². The fourth-order valence-corrected chi connectivity index (χ4v) is 3.11. The average Bonchev–Trinajstić information content (AvgIpc) is 2.42. The molecule has 0 aromatic heterocycles. The van der Waals surface area contributed by atoms with Crippen molar-refractivity contribution in [3.8, 4) is 5.75 Å². The predicted molar refractivity (Wildman–Crippen MR) is 92.2 cm³/mol. The SMILES string of the molecule is CNC(c1cc(C)cc(C)c1)c1cc(Br)c(C)cc1OC. The number of hydrogen-bond acceptors (Lipinski definition) is 2. The summed E-state index contributed by atoms with van der Waals surface area (Å²) in [5, 5.41) is 3.41. The lowest BCUT2D eigenvalue weighted by atomic mass is 9.94. The number of halogens is 1. The molecule has 0 saturated heterocycles. The van der Waals surface area contributed by atoms with Crippen LogP contribution in [0.5, 0.6) is 5.75 Å². The van der Waals surface area contributed by atoms with Crippen LogP contribution < -0.4 is 10.1 Å². The minimum absolute atomic E-state index is 0.107. The third-order valence-electron chi connectivity index (χ3n) is 3.69. The molecule has 0 spiro atoms. The van der Waals surface area contributed by atoms with Crippen LogP contribution in [0.3, 0.4) is 0 Å². The molecule has 1 N–H and O–H groups in total. The van der Waals surface area contributed by atoms with Crippen LogP contribution in [0.25, 0.3) is 0 Å². The zero-order chi connectivity index (χ0) is 15.6. The molecule has 1 unspecified atom stereocenters. The van der Waals surface area contributed by atoms with Crippen molar-refractivity contribution >= 4 is 15.9 Å². The summed E-state index contributed by atoms with van der Waals surface area (Å²) in [6.07, 6.45) is 0. The second-order valence-electron chi connectivity index (χ2n) is 5.49. The molecule has 0 saturated carbocycles. The summed E-state index contributed by atoms with van der Waals surface area (Å²) in [6, 6.07) is 11.0. The van der Waals surface area contributed by atoms with E-state index in [1.54, 1.807) is 7.11 Å². The maximum absolute atomic E-state index is 5.59. The standard InChI is InChI=1S/C18H22BrNO/c1-11-6-12(2)8-14(7-11)18(20-4)15-10-16(19)13(3)9-17(15)21-5/h6-10,18,20H,1-5H3. The van der Waals surface area contributed by atoms with Crippen molar-refractivity contribution in [2.45, 2.75) is 26.8 Å². The van der Waals surface area contributed by atoms with E-state index in [4.69, 9.17) is 4.74 Å². The largest absolute Gasteiger partial charge is 0.496 e. The molecule has 2 aromatic carbocycles. The van der Waals surface area contributed by atoms with E-state index in [2.05, 4.69) is 72.3 Å². The van der Waals surface area contributed by atoms with E-state index in [1.807, 2.05) is 7.05 Å². The van der Waals surface area contributed by atoms with E-state index in [1.165, 1.54) is 22.3 Å². The lowest BCUT2D eigenvalue weighted by Gasteiger charge is -2.22. The Labute approximate surface area is 135 Å². The molecule has 0 radical (unpaired) electrons. The molecule has 0 bridgehead atoms. The molecule has 0 aliphatic heterocycles. The van der Waals surface area contributed by atoms with Gasteiger partial charge in [0.15, 0.2) is 0 Å². The van der Waals surface area contributed by atoms with Gasteiger partial charge in [0.2, 0.25) is 0 Å². The number of ether oxygens (including phenoxy) is 1. The van der Waals surface area contributed by atoms with Crippen LogP contribution in [-0.4, -0.2) is 14.2 Å². The first kappa shape index (κ1) is 16.1. The number of nitrogens with one attached hydrogen (secondary N) is 1. The Balaban J connectivity index is 2.58. The summed E-state index contributed by atoms with van der Waals surface area (Å²) >= 11 is 3.63. The van der Waals surface area contributed by atoms with Crippen molar-refractivity contribution in [2.75, 3.05) is 14.2 Å². The van der Waals surface area contributed by atoms with Gasteiger partial charge in [-0.05, 0) is 51.1 Å². The number of aryl methyl sites for hydroxylation is 3. The highest BCUT2D eigenvalue weighted by atomic mass is 79.9. The molecule has 21 heavy (non-hydrogen) atoms. The normalized spacial score (nSPS) is 12.3. The van der Waals surface area contributed by atoms with E-state index in [-0.39, 0.29) is 6.04 Å².